The molecule has 9 heteroatoms. The maximum atomic E-state index is 13.1. The van der Waals surface area contributed by atoms with E-state index >= 15 is 0 Å². The zero-order chi connectivity index (χ0) is 19.6. The topological polar surface area (TPSA) is 90.3 Å². The molecule has 0 unspecified atom stereocenters. The highest BCUT2D eigenvalue weighted by Gasteiger charge is 2.23. The number of benzene rings is 1. The number of aromatic nitrogens is 2. The number of fused-ring (bicyclic) bond motifs is 1. The van der Waals surface area contributed by atoms with Crippen molar-refractivity contribution in [2.75, 3.05) is 11.9 Å². The van der Waals surface area contributed by atoms with E-state index in [9.17, 15) is 14.4 Å². The van der Waals surface area contributed by atoms with Gasteiger partial charge in [-0.15, -0.1) is 22.9 Å². The molecule has 1 amide bonds. The Hall–Kier alpha value is -2.71. The molecule has 0 saturated carbocycles. The number of rotatable bonds is 5. The van der Waals surface area contributed by atoms with E-state index < -0.39 is 22.8 Å². The standard InChI is InChI=1S/C18H16ClN3O4S/c1-3-26-18(25)14-12-9-27-16(20-15(23)10(2)19)13(12)17(24)22(21-14)11-7-5-4-6-8-11/h4-10H,3H2,1-2H3,(H,20,23)/t10-/m0/s1. The molecule has 3 rings (SSSR count). The molecule has 0 spiro atoms. The third kappa shape index (κ3) is 3.72. The molecule has 7 nitrogen and oxygen atoms in total. The molecular formula is C18H16ClN3O4S. The van der Waals surface area contributed by atoms with Gasteiger partial charge in [-0.2, -0.15) is 9.78 Å². The number of alkyl halides is 1. The van der Waals surface area contributed by atoms with E-state index in [1.165, 1.54) is 6.92 Å². The first-order chi connectivity index (χ1) is 12.9. The molecule has 0 fully saturated rings. The predicted octanol–water partition coefficient (Wildman–Crippen LogP) is 3.19. The number of amides is 1. The van der Waals surface area contributed by atoms with Crippen molar-refractivity contribution in [1.29, 1.82) is 0 Å². The van der Waals surface area contributed by atoms with Crippen LogP contribution in [0.2, 0.25) is 0 Å². The Balaban J connectivity index is 2.27. The van der Waals surface area contributed by atoms with Gasteiger partial charge >= 0.3 is 5.97 Å². The number of hydrogen-bond acceptors (Lipinski definition) is 6. The lowest BCUT2D eigenvalue weighted by molar-refractivity contribution is -0.115. The summed E-state index contributed by atoms with van der Waals surface area (Å²) in [4.78, 5) is 37.4. The largest absolute Gasteiger partial charge is 0.461 e. The Labute approximate surface area is 163 Å². The number of carbonyl (C=O) groups is 2. The fourth-order valence-corrected chi connectivity index (χ4v) is 3.44. The summed E-state index contributed by atoms with van der Waals surface area (Å²) in [5, 5.41) is 8.50. The molecule has 0 bridgehead atoms. The molecule has 1 atom stereocenters. The van der Waals surface area contributed by atoms with Crippen molar-refractivity contribution in [3.05, 3.63) is 51.8 Å². The number of anilines is 1. The van der Waals surface area contributed by atoms with Crippen LogP contribution in [0.15, 0.2) is 40.5 Å². The van der Waals surface area contributed by atoms with E-state index in [1.54, 1.807) is 42.6 Å². The van der Waals surface area contributed by atoms with E-state index in [4.69, 9.17) is 16.3 Å². The summed E-state index contributed by atoms with van der Waals surface area (Å²) in [5.74, 6) is -1.09. The molecule has 1 N–H and O–H groups in total. The average Bonchev–Trinajstić information content (AvgIpc) is 3.07. The van der Waals surface area contributed by atoms with Gasteiger partial charge in [0.05, 0.1) is 17.7 Å². The van der Waals surface area contributed by atoms with Crippen LogP contribution in [-0.2, 0) is 9.53 Å². The lowest BCUT2D eigenvalue weighted by Gasteiger charge is -2.10. The van der Waals surface area contributed by atoms with Crippen LogP contribution < -0.4 is 10.9 Å². The van der Waals surface area contributed by atoms with Gasteiger partial charge in [0.2, 0.25) is 5.91 Å². The van der Waals surface area contributed by atoms with Gasteiger partial charge in [-0.25, -0.2) is 4.79 Å². The molecule has 3 aromatic rings. The van der Waals surface area contributed by atoms with Crippen molar-refractivity contribution in [3.8, 4) is 5.69 Å². The third-order valence-electron chi connectivity index (χ3n) is 3.72. The molecule has 140 valence electrons. The van der Waals surface area contributed by atoms with E-state index in [1.807, 2.05) is 0 Å². The van der Waals surface area contributed by atoms with Gasteiger partial charge in [0.15, 0.2) is 5.69 Å². The summed E-state index contributed by atoms with van der Waals surface area (Å²) in [6, 6.07) is 8.70. The molecule has 2 aromatic heterocycles. The van der Waals surface area contributed by atoms with Crippen molar-refractivity contribution in [2.24, 2.45) is 0 Å². The minimum atomic E-state index is -0.773. The van der Waals surface area contributed by atoms with Crippen LogP contribution >= 0.6 is 22.9 Å². The van der Waals surface area contributed by atoms with Crippen LogP contribution in [0.3, 0.4) is 0 Å². The van der Waals surface area contributed by atoms with Crippen LogP contribution in [0.1, 0.15) is 24.3 Å². The third-order valence-corrected chi connectivity index (χ3v) is 4.81. The second-order valence-electron chi connectivity index (χ2n) is 5.58. The van der Waals surface area contributed by atoms with Crippen molar-refractivity contribution >= 4 is 50.6 Å². The molecular weight excluding hydrogens is 390 g/mol. The second kappa shape index (κ2) is 7.89. The monoisotopic (exact) mass is 405 g/mol. The smallest absolute Gasteiger partial charge is 0.359 e. The van der Waals surface area contributed by atoms with Gasteiger partial charge in [0, 0.05) is 10.8 Å². The quantitative estimate of drug-likeness (QED) is 0.520. The number of nitrogens with zero attached hydrogens (tertiary/aromatic N) is 2. The number of ether oxygens (including phenoxy) is 1. The number of hydrogen-bond donors (Lipinski definition) is 1. The first-order valence-electron chi connectivity index (χ1n) is 8.16. The highest BCUT2D eigenvalue weighted by molar-refractivity contribution is 7.16. The van der Waals surface area contributed by atoms with E-state index in [-0.39, 0.29) is 17.7 Å². The van der Waals surface area contributed by atoms with Gasteiger partial charge in [-0.1, -0.05) is 18.2 Å². The first kappa shape index (κ1) is 19.1. The summed E-state index contributed by atoms with van der Waals surface area (Å²) in [7, 11) is 0. The van der Waals surface area contributed by atoms with Crippen LogP contribution in [-0.4, -0.2) is 33.6 Å². The normalized spacial score (nSPS) is 12.0. The molecule has 1 aromatic carbocycles. The van der Waals surface area contributed by atoms with Crippen molar-refractivity contribution in [2.45, 2.75) is 19.2 Å². The predicted molar refractivity (Wildman–Crippen MR) is 105 cm³/mol. The highest BCUT2D eigenvalue weighted by atomic mass is 35.5. The molecule has 0 radical (unpaired) electrons. The maximum Gasteiger partial charge on any atom is 0.359 e. The maximum absolute atomic E-state index is 13.1. The van der Waals surface area contributed by atoms with E-state index in [2.05, 4.69) is 10.4 Å². The average molecular weight is 406 g/mol. The number of para-hydroxylation sites is 1. The van der Waals surface area contributed by atoms with Crippen molar-refractivity contribution < 1.29 is 14.3 Å². The second-order valence-corrected chi connectivity index (χ2v) is 7.11. The summed E-state index contributed by atoms with van der Waals surface area (Å²) in [6.07, 6.45) is 0. The highest BCUT2D eigenvalue weighted by Crippen LogP contribution is 2.30. The van der Waals surface area contributed by atoms with Crippen LogP contribution in [0.5, 0.6) is 0 Å². The van der Waals surface area contributed by atoms with E-state index in [0.717, 1.165) is 16.0 Å². The summed E-state index contributed by atoms with van der Waals surface area (Å²) in [6.45, 7) is 3.38. The van der Waals surface area contributed by atoms with Gasteiger partial charge in [0.1, 0.15) is 10.4 Å². The SMILES string of the molecule is CCOC(=O)c1nn(-c2ccccc2)c(=O)c2c(NC(=O)[C@H](C)Cl)scc12. The van der Waals surface area contributed by atoms with Crippen LogP contribution in [0.25, 0.3) is 16.5 Å². The molecule has 0 aliphatic carbocycles. The Kier molecular flexibility index (Phi) is 5.57. The van der Waals surface area contributed by atoms with Gasteiger partial charge in [0.25, 0.3) is 5.56 Å². The number of esters is 1. The summed E-state index contributed by atoms with van der Waals surface area (Å²) in [5.41, 5.74) is 0.0399. The Morgan fingerprint density at radius 1 is 1.33 bits per heavy atom. The minimum Gasteiger partial charge on any atom is -0.461 e. The minimum absolute atomic E-state index is 0.00553. The molecule has 27 heavy (non-hydrogen) atoms. The number of thiophene rings is 1. The van der Waals surface area contributed by atoms with Crippen LogP contribution in [0, 0.1) is 0 Å². The Bertz CT molecular complexity index is 1060. The van der Waals surface area contributed by atoms with Gasteiger partial charge < -0.3 is 10.1 Å². The molecule has 0 aliphatic heterocycles. The fraction of sp³-hybridized carbons (Fsp3) is 0.222. The van der Waals surface area contributed by atoms with E-state index in [0.29, 0.717) is 16.1 Å². The number of carbonyl (C=O) groups excluding carboxylic acids is 2. The lowest BCUT2D eigenvalue weighted by atomic mass is 10.2. The molecule has 0 saturated heterocycles. The first-order valence-corrected chi connectivity index (χ1v) is 9.47. The summed E-state index contributed by atoms with van der Waals surface area (Å²) >= 11 is 6.93. The molecule has 0 aliphatic rings. The number of halogens is 1. The zero-order valence-electron chi connectivity index (χ0n) is 14.6. The molecule has 2 heterocycles. The van der Waals surface area contributed by atoms with Gasteiger partial charge in [-0.05, 0) is 26.0 Å². The summed E-state index contributed by atoms with van der Waals surface area (Å²) < 4.78 is 6.20. The Morgan fingerprint density at radius 3 is 2.67 bits per heavy atom. The van der Waals surface area contributed by atoms with Crippen molar-refractivity contribution in [1.82, 2.24) is 9.78 Å². The van der Waals surface area contributed by atoms with Crippen LogP contribution in [0.4, 0.5) is 5.00 Å². The van der Waals surface area contributed by atoms with Crippen molar-refractivity contribution in [3.63, 3.8) is 0 Å². The lowest BCUT2D eigenvalue weighted by Crippen LogP contribution is -2.26. The fourth-order valence-electron chi connectivity index (χ4n) is 2.45. The van der Waals surface area contributed by atoms with Gasteiger partial charge in [-0.3, -0.25) is 9.59 Å². The zero-order valence-corrected chi connectivity index (χ0v) is 16.1. The Morgan fingerprint density at radius 2 is 2.04 bits per heavy atom. The number of nitrogens with one attached hydrogen (secondary N) is 1.